The van der Waals surface area contributed by atoms with Gasteiger partial charge in [0.25, 0.3) is 0 Å². The Morgan fingerprint density at radius 3 is 2.40 bits per heavy atom. The summed E-state index contributed by atoms with van der Waals surface area (Å²) in [6.07, 6.45) is 0.845. The number of hydrogen-bond donors (Lipinski definition) is 0. The third-order valence-corrected chi connectivity index (χ3v) is 5.20. The van der Waals surface area contributed by atoms with Gasteiger partial charge in [0.2, 0.25) is 17.6 Å². The smallest absolute Gasteiger partial charge is 0.227 e. The number of rotatable bonds is 8. The minimum Gasteiger partial charge on any atom is -0.492 e. The maximum absolute atomic E-state index is 12.5. The highest BCUT2D eigenvalue weighted by Crippen LogP contribution is 2.16. The van der Waals surface area contributed by atoms with Crippen molar-refractivity contribution in [2.75, 3.05) is 39.3 Å². The van der Waals surface area contributed by atoms with Gasteiger partial charge in [-0.05, 0) is 12.1 Å². The van der Waals surface area contributed by atoms with Crippen molar-refractivity contribution >= 4 is 5.91 Å². The van der Waals surface area contributed by atoms with Gasteiger partial charge in [-0.1, -0.05) is 53.7 Å². The summed E-state index contributed by atoms with van der Waals surface area (Å²) >= 11 is 0. The van der Waals surface area contributed by atoms with E-state index in [1.807, 2.05) is 65.6 Å². The fourth-order valence-electron chi connectivity index (χ4n) is 3.46. The zero-order valence-electron chi connectivity index (χ0n) is 16.9. The number of carbonyl (C=O) groups excluding carboxylic acids is 1. The van der Waals surface area contributed by atoms with Gasteiger partial charge in [-0.2, -0.15) is 4.98 Å². The van der Waals surface area contributed by atoms with E-state index >= 15 is 0 Å². The first-order valence-corrected chi connectivity index (χ1v) is 10.3. The summed E-state index contributed by atoms with van der Waals surface area (Å²) < 4.78 is 11.1. The van der Waals surface area contributed by atoms with Crippen LogP contribution in [-0.2, 0) is 11.2 Å². The van der Waals surface area contributed by atoms with Crippen molar-refractivity contribution in [3.05, 3.63) is 66.6 Å². The van der Waals surface area contributed by atoms with Gasteiger partial charge >= 0.3 is 0 Å². The minimum atomic E-state index is 0.134. The van der Waals surface area contributed by atoms with Crippen molar-refractivity contribution in [3.63, 3.8) is 0 Å². The highest BCUT2D eigenvalue weighted by atomic mass is 16.5. The summed E-state index contributed by atoms with van der Waals surface area (Å²) in [7, 11) is 0. The Morgan fingerprint density at radius 1 is 0.967 bits per heavy atom. The summed E-state index contributed by atoms with van der Waals surface area (Å²) in [4.78, 5) is 21.2. The van der Waals surface area contributed by atoms with Gasteiger partial charge in [0.15, 0.2) is 0 Å². The zero-order valence-corrected chi connectivity index (χ0v) is 16.9. The quantitative estimate of drug-likeness (QED) is 0.573. The predicted molar refractivity (Wildman–Crippen MR) is 113 cm³/mol. The van der Waals surface area contributed by atoms with Crippen molar-refractivity contribution in [2.45, 2.75) is 12.8 Å². The van der Waals surface area contributed by atoms with Crippen LogP contribution in [0.1, 0.15) is 12.3 Å². The number of nitrogens with zero attached hydrogens (tertiary/aromatic N) is 4. The van der Waals surface area contributed by atoms with Gasteiger partial charge in [-0.25, -0.2) is 0 Å². The molecule has 1 aliphatic rings. The second-order valence-electron chi connectivity index (χ2n) is 7.26. The molecular weight excluding hydrogens is 380 g/mol. The molecule has 1 aromatic heterocycles. The largest absolute Gasteiger partial charge is 0.492 e. The lowest BCUT2D eigenvalue weighted by Crippen LogP contribution is -2.49. The van der Waals surface area contributed by atoms with E-state index in [4.69, 9.17) is 9.26 Å². The van der Waals surface area contributed by atoms with Crippen molar-refractivity contribution in [1.29, 1.82) is 0 Å². The van der Waals surface area contributed by atoms with Crippen LogP contribution in [0.25, 0.3) is 11.4 Å². The molecule has 0 spiro atoms. The molecule has 0 N–H and O–H groups in total. The van der Waals surface area contributed by atoms with E-state index in [1.165, 1.54) is 0 Å². The molecule has 0 radical (unpaired) electrons. The number of aryl methyl sites for hydroxylation is 1. The standard InChI is InChI=1S/C23H26N4O3/c28-22(12-11-21-24-23(25-30-21)19-7-3-1-4-8-19)27-15-13-26(14-16-27)17-18-29-20-9-5-2-6-10-20/h1-10H,11-18H2. The SMILES string of the molecule is O=C(CCc1nc(-c2ccccc2)no1)N1CCN(CCOc2ccccc2)CC1. The molecule has 0 saturated carbocycles. The molecule has 7 nitrogen and oxygen atoms in total. The number of aromatic nitrogens is 2. The molecule has 3 aromatic rings. The second kappa shape index (κ2) is 10.0. The molecule has 7 heteroatoms. The van der Waals surface area contributed by atoms with Gasteiger partial charge in [-0.3, -0.25) is 9.69 Å². The lowest BCUT2D eigenvalue weighted by atomic mass is 10.2. The monoisotopic (exact) mass is 406 g/mol. The van der Waals surface area contributed by atoms with E-state index in [1.54, 1.807) is 0 Å². The molecule has 4 rings (SSSR count). The Bertz CT molecular complexity index is 922. The molecule has 0 unspecified atom stereocenters. The molecule has 1 fully saturated rings. The molecule has 0 aliphatic carbocycles. The second-order valence-corrected chi connectivity index (χ2v) is 7.26. The Hall–Kier alpha value is -3.19. The fraction of sp³-hybridized carbons (Fsp3) is 0.348. The van der Waals surface area contributed by atoms with E-state index in [-0.39, 0.29) is 5.91 Å². The number of benzene rings is 2. The van der Waals surface area contributed by atoms with Crippen molar-refractivity contribution < 1.29 is 14.1 Å². The Labute approximate surface area is 176 Å². The third-order valence-electron chi connectivity index (χ3n) is 5.20. The number of ether oxygens (including phenoxy) is 1. The summed E-state index contributed by atoms with van der Waals surface area (Å²) in [5, 5.41) is 4.01. The zero-order chi connectivity index (χ0) is 20.6. The molecule has 30 heavy (non-hydrogen) atoms. The molecule has 1 aliphatic heterocycles. The highest BCUT2D eigenvalue weighted by molar-refractivity contribution is 5.76. The number of para-hydroxylation sites is 1. The van der Waals surface area contributed by atoms with E-state index in [2.05, 4.69) is 15.0 Å². The molecule has 1 saturated heterocycles. The van der Waals surface area contributed by atoms with E-state index in [0.717, 1.165) is 44.0 Å². The van der Waals surface area contributed by atoms with Gasteiger partial charge in [0, 0.05) is 51.1 Å². The number of hydrogen-bond acceptors (Lipinski definition) is 6. The summed E-state index contributed by atoms with van der Waals surface area (Å²) in [6.45, 7) is 4.72. The summed E-state index contributed by atoms with van der Waals surface area (Å²) in [6, 6.07) is 19.5. The summed E-state index contributed by atoms with van der Waals surface area (Å²) in [5.41, 5.74) is 0.909. The van der Waals surface area contributed by atoms with Gasteiger partial charge < -0.3 is 14.2 Å². The minimum absolute atomic E-state index is 0.134. The van der Waals surface area contributed by atoms with Gasteiger partial charge in [-0.15, -0.1) is 0 Å². The predicted octanol–water partition coefficient (Wildman–Crippen LogP) is 2.89. The van der Waals surface area contributed by atoms with Crippen LogP contribution in [0.2, 0.25) is 0 Å². The average molecular weight is 406 g/mol. The molecular formula is C23H26N4O3. The van der Waals surface area contributed by atoms with Crippen LogP contribution >= 0.6 is 0 Å². The molecule has 156 valence electrons. The topological polar surface area (TPSA) is 71.7 Å². The van der Waals surface area contributed by atoms with Crippen molar-refractivity contribution in [2.24, 2.45) is 0 Å². The van der Waals surface area contributed by atoms with E-state index in [9.17, 15) is 4.79 Å². The normalized spacial score (nSPS) is 14.6. The van der Waals surface area contributed by atoms with Crippen molar-refractivity contribution in [1.82, 2.24) is 19.9 Å². The van der Waals surface area contributed by atoms with Crippen LogP contribution < -0.4 is 4.74 Å². The first-order chi connectivity index (χ1) is 14.8. The van der Waals surface area contributed by atoms with Crippen LogP contribution in [0.15, 0.2) is 65.2 Å². The summed E-state index contributed by atoms with van der Waals surface area (Å²) in [5.74, 6) is 2.08. The van der Waals surface area contributed by atoms with Crippen LogP contribution in [0.5, 0.6) is 5.75 Å². The van der Waals surface area contributed by atoms with Gasteiger partial charge in [0.05, 0.1) is 0 Å². The molecule has 2 heterocycles. The number of piperazine rings is 1. The van der Waals surface area contributed by atoms with E-state index in [0.29, 0.717) is 31.2 Å². The molecule has 0 atom stereocenters. The average Bonchev–Trinajstić information content (AvgIpc) is 3.28. The molecule has 0 bridgehead atoms. The maximum atomic E-state index is 12.5. The Kier molecular flexibility index (Phi) is 6.72. The van der Waals surface area contributed by atoms with E-state index < -0.39 is 0 Å². The fourth-order valence-corrected chi connectivity index (χ4v) is 3.46. The lowest BCUT2D eigenvalue weighted by molar-refractivity contribution is -0.133. The van der Waals surface area contributed by atoms with Gasteiger partial charge in [0.1, 0.15) is 12.4 Å². The van der Waals surface area contributed by atoms with Crippen molar-refractivity contribution in [3.8, 4) is 17.1 Å². The maximum Gasteiger partial charge on any atom is 0.227 e. The highest BCUT2D eigenvalue weighted by Gasteiger charge is 2.21. The first-order valence-electron chi connectivity index (χ1n) is 10.3. The Balaban J connectivity index is 1.16. The molecule has 1 amide bonds. The lowest BCUT2D eigenvalue weighted by Gasteiger charge is -2.34. The van der Waals surface area contributed by atoms with Crippen LogP contribution in [-0.4, -0.2) is 65.2 Å². The van der Waals surface area contributed by atoms with Crippen LogP contribution in [0, 0.1) is 0 Å². The third kappa shape index (κ3) is 5.45. The van der Waals surface area contributed by atoms with Crippen LogP contribution in [0.3, 0.4) is 0 Å². The number of carbonyl (C=O) groups is 1. The van der Waals surface area contributed by atoms with Crippen LogP contribution in [0.4, 0.5) is 0 Å². The Morgan fingerprint density at radius 2 is 1.67 bits per heavy atom. The first kappa shape index (κ1) is 20.1. The number of amides is 1. The molecule has 2 aromatic carbocycles.